The average Bonchev–Trinajstić information content (AvgIpc) is 2.70. The Morgan fingerprint density at radius 2 is 1.74 bits per heavy atom. The van der Waals surface area contributed by atoms with Gasteiger partial charge in [-0.3, -0.25) is 14.7 Å². The Balaban J connectivity index is 2.08. The van der Waals surface area contributed by atoms with Gasteiger partial charge in [-0.05, 0) is 36.4 Å². The van der Waals surface area contributed by atoms with Crippen LogP contribution in [0.25, 0.3) is 0 Å². The predicted molar refractivity (Wildman–Crippen MR) is 107 cm³/mol. The second-order valence-corrected chi connectivity index (χ2v) is 6.55. The van der Waals surface area contributed by atoms with Crippen LogP contribution in [-0.2, 0) is 6.18 Å². The van der Waals surface area contributed by atoms with Crippen LogP contribution in [0.15, 0.2) is 60.8 Å². The standard InChI is InChI=1S/C20H14ClF3N4O3/c21-14-6-5-11(9-13(14)20(22,23)24)28(19(26)30)16-3-1-2-4-17(16)31-12-7-8-27-15(10-12)18(25)29/h1-10H,(H2,25,29)(H2,26,30). The van der Waals surface area contributed by atoms with Gasteiger partial charge in [-0.2, -0.15) is 13.2 Å². The van der Waals surface area contributed by atoms with Crippen LogP contribution in [0.2, 0.25) is 5.02 Å². The van der Waals surface area contributed by atoms with E-state index < -0.39 is 28.7 Å². The third-order valence-electron chi connectivity index (χ3n) is 4.05. The number of nitrogens with two attached hydrogens (primary N) is 2. The zero-order valence-electron chi connectivity index (χ0n) is 15.6. The van der Waals surface area contributed by atoms with E-state index in [0.717, 1.165) is 11.0 Å². The van der Waals surface area contributed by atoms with Crippen LogP contribution >= 0.6 is 11.6 Å². The van der Waals surface area contributed by atoms with Crippen molar-refractivity contribution in [1.29, 1.82) is 0 Å². The van der Waals surface area contributed by atoms with Crippen molar-refractivity contribution in [3.8, 4) is 11.5 Å². The van der Waals surface area contributed by atoms with Crippen molar-refractivity contribution in [2.45, 2.75) is 6.18 Å². The maximum absolute atomic E-state index is 13.3. The van der Waals surface area contributed by atoms with E-state index in [0.29, 0.717) is 6.07 Å². The molecule has 0 spiro atoms. The highest BCUT2D eigenvalue weighted by molar-refractivity contribution is 6.31. The summed E-state index contributed by atoms with van der Waals surface area (Å²) < 4.78 is 45.6. The van der Waals surface area contributed by atoms with Crippen LogP contribution in [0, 0.1) is 0 Å². The summed E-state index contributed by atoms with van der Waals surface area (Å²) in [7, 11) is 0. The molecule has 0 aliphatic heterocycles. The number of carbonyl (C=O) groups excluding carboxylic acids is 2. The van der Waals surface area contributed by atoms with Crippen LogP contribution in [0.4, 0.5) is 29.3 Å². The SMILES string of the molecule is NC(=O)c1cc(Oc2ccccc2N(C(N)=O)c2ccc(Cl)c(C(F)(F)F)c2)ccn1. The minimum absolute atomic E-state index is 0.0582. The fourth-order valence-corrected chi connectivity index (χ4v) is 2.94. The lowest BCUT2D eigenvalue weighted by Crippen LogP contribution is -2.32. The van der Waals surface area contributed by atoms with Gasteiger partial charge in [0.2, 0.25) is 0 Å². The van der Waals surface area contributed by atoms with E-state index in [4.69, 9.17) is 27.8 Å². The first kappa shape index (κ1) is 21.9. The average molecular weight is 451 g/mol. The molecule has 31 heavy (non-hydrogen) atoms. The van der Waals surface area contributed by atoms with Gasteiger partial charge >= 0.3 is 12.2 Å². The van der Waals surface area contributed by atoms with Gasteiger partial charge in [0, 0.05) is 12.3 Å². The van der Waals surface area contributed by atoms with Crippen LogP contribution in [0.1, 0.15) is 16.1 Å². The number of ether oxygens (including phenoxy) is 1. The van der Waals surface area contributed by atoms with Gasteiger partial charge in [-0.15, -0.1) is 0 Å². The number of anilines is 2. The number of halogens is 4. The van der Waals surface area contributed by atoms with E-state index in [-0.39, 0.29) is 28.6 Å². The molecule has 7 nitrogen and oxygen atoms in total. The van der Waals surface area contributed by atoms with Crippen molar-refractivity contribution in [3.63, 3.8) is 0 Å². The molecule has 0 saturated heterocycles. The second kappa shape index (κ2) is 8.52. The number of rotatable bonds is 5. The molecular formula is C20H14ClF3N4O3. The molecule has 160 valence electrons. The molecule has 0 bridgehead atoms. The zero-order valence-corrected chi connectivity index (χ0v) is 16.3. The molecule has 4 N–H and O–H groups in total. The molecule has 1 heterocycles. The highest BCUT2D eigenvalue weighted by Gasteiger charge is 2.34. The molecule has 3 rings (SSSR count). The Hall–Kier alpha value is -3.79. The van der Waals surface area contributed by atoms with Crippen molar-refractivity contribution in [3.05, 3.63) is 77.1 Å². The summed E-state index contributed by atoms with van der Waals surface area (Å²) in [5.41, 5.74) is 9.37. The Labute approximate surface area is 179 Å². The Morgan fingerprint density at radius 1 is 1.03 bits per heavy atom. The summed E-state index contributed by atoms with van der Waals surface area (Å²) in [5.74, 6) is -0.544. The quantitative estimate of drug-likeness (QED) is 0.578. The summed E-state index contributed by atoms with van der Waals surface area (Å²) in [6.07, 6.45) is -3.45. The number of amides is 3. The molecule has 1 aromatic heterocycles. The maximum atomic E-state index is 13.3. The van der Waals surface area contributed by atoms with Gasteiger partial charge in [0.15, 0.2) is 5.75 Å². The number of benzene rings is 2. The first-order valence-corrected chi connectivity index (χ1v) is 8.95. The summed E-state index contributed by atoms with van der Waals surface area (Å²) in [4.78, 5) is 28.2. The minimum Gasteiger partial charge on any atom is -0.455 e. The summed E-state index contributed by atoms with van der Waals surface area (Å²) in [6.45, 7) is 0. The summed E-state index contributed by atoms with van der Waals surface area (Å²) in [6, 6.07) is 10.6. The minimum atomic E-state index is -4.74. The first-order chi connectivity index (χ1) is 14.6. The number of aromatic nitrogens is 1. The van der Waals surface area contributed by atoms with Crippen LogP contribution < -0.4 is 21.1 Å². The van der Waals surface area contributed by atoms with Gasteiger partial charge < -0.3 is 16.2 Å². The number of pyridine rings is 1. The topological polar surface area (TPSA) is 112 Å². The third-order valence-corrected chi connectivity index (χ3v) is 4.38. The summed E-state index contributed by atoms with van der Waals surface area (Å²) >= 11 is 5.67. The number of nitrogens with zero attached hydrogens (tertiary/aromatic N) is 2. The Morgan fingerprint density at radius 3 is 2.39 bits per heavy atom. The van der Waals surface area contributed by atoms with Crippen LogP contribution in [0.5, 0.6) is 11.5 Å². The van der Waals surface area contributed by atoms with Crippen molar-refractivity contribution in [1.82, 2.24) is 4.98 Å². The predicted octanol–water partition coefficient (Wildman–Crippen LogP) is 4.86. The summed E-state index contributed by atoms with van der Waals surface area (Å²) in [5, 5.41) is -0.527. The lowest BCUT2D eigenvalue weighted by molar-refractivity contribution is -0.137. The number of primary amides is 2. The number of urea groups is 1. The van der Waals surface area contributed by atoms with E-state index in [1.54, 1.807) is 12.1 Å². The molecule has 0 fully saturated rings. The van der Waals surface area contributed by atoms with Gasteiger partial charge in [0.1, 0.15) is 11.4 Å². The fourth-order valence-electron chi connectivity index (χ4n) is 2.72. The monoisotopic (exact) mass is 450 g/mol. The molecule has 3 amide bonds. The third kappa shape index (κ3) is 4.86. The lowest BCUT2D eigenvalue weighted by atomic mass is 10.1. The molecular weight excluding hydrogens is 437 g/mol. The molecule has 0 aliphatic rings. The number of alkyl halides is 3. The van der Waals surface area contributed by atoms with Gasteiger partial charge in [-0.25, -0.2) is 4.79 Å². The van der Waals surface area contributed by atoms with E-state index in [9.17, 15) is 22.8 Å². The smallest absolute Gasteiger partial charge is 0.417 e. The first-order valence-electron chi connectivity index (χ1n) is 8.57. The highest BCUT2D eigenvalue weighted by Crippen LogP contribution is 2.41. The molecule has 0 atom stereocenters. The van der Waals surface area contributed by atoms with E-state index in [2.05, 4.69) is 4.98 Å². The van der Waals surface area contributed by atoms with Gasteiger partial charge in [0.25, 0.3) is 5.91 Å². The lowest BCUT2D eigenvalue weighted by Gasteiger charge is -2.24. The van der Waals surface area contributed by atoms with E-state index in [1.165, 1.54) is 36.5 Å². The van der Waals surface area contributed by atoms with Crippen LogP contribution in [-0.4, -0.2) is 16.9 Å². The normalized spacial score (nSPS) is 11.1. The van der Waals surface area contributed by atoms with Crippen molar-refractivity contribution in [2.75, 3.05) is 4.90 Å². The van der Waals surface area contributed by atoms with E-state index in [1.807, 2.05) is 0 Å². The molecule has 2 aromatic carbocycles. The molecule has 3 aromatic rings. The van der Waals surface area contributed by atoms with Crippen molar-refractivity contribution in [2.24, 2.45) is 11.5 Å². The highest BCUT2D eigenvalue weighted by atomic mass is 35.5. The number of carbonyl (C=O) groups is 2. The molecule has 0 radical (unpaired) electrons. The number of hydrogen-bond donors (Lipinski definition) is 2. The molecule has 0 unspecified atom stereocenters. The van der Waals surface area contributed by atoms with Gasteiger partial charge in [-0.1, -0.05) is 23.7 Å². The molecule has 0 aliphatic carbocycles. The van der Waals surface area contributed by atoms with Crippen molar-refractivity contribution < 1.29 is 27.5 Å². The molecule has 0 saturated carbocycles. The van der Waals surface area contributed by atoms with E-state index >= 15 is 0 Å². The zero-order chi connectivity index (χ0) is 22.8. The largest absolute Gasteiger partial charge is 0.455 e. The Kier molecular flexibility index (Phi) is 6.02. The van der Waals surface area contributed by atoms with Gasteiger partial charge in [0.05, 0.1) is 22.0 Å². The Bertz CT molecular complexity index is 1150. The van der Waals surface area contributed by atoms with Crippen molar-refractivity contribution >= 4 is 34.9 Å². The number of hydrogen-bond acceptors (Lipinski definition) is 4. The fraction of sp³-hybridized carbons (Fsp3) is 0.0500. The molecule has 11 heteroatoms. The second-order valence-electron chi connectivity index (χ2n) is 6.15. The number of para-hydroxylation sites is 2. The van der Waals surface area contributed by atoms with Crippen LogP contribution in [0.3, 0.4) is 0 Å². The maximum Gasteiger partial charge on any atom is 0.417 e.